The van der Waals surface area contributed by atoms with E-state index >= 15 is 0 Å². The molecule has 5 nitrogen and oxygen atoms in total. The average Bonchev–Trinajstić information content (AvgIpc) is 3.00. The van der Waals surface area contributed by atoms with Crippen molar-refractivity contribution in [1.82, 2.24) is 4.98 Å². The van der Waals surface area contributed by atoms with Crippen LogP contribution in [-0.4, -0.2) is 24.5 Å². The molecule has 0 bridgehead atoms. The first-order valence-electron chi connectivity index (χ1n) is 8.04. The van der Waals surface area contributed by atoms with Crippen molar-refractivity contribution in [2.24, 2.45) is 0 Å². The summed E-state index contributed by atoms with van der Waals surface area (Å²) in [6.07, 6.45) is 3.56. The number of benzene rings is 1. The SMILES string of the molecule is COCc1c(C(=O)N2CCCc3ncccc32)oc2ccccc12. The van der Waals surface area contributed by atoms with Gasteiger partial charge in [-0.3, -0.25) is 9.78 Å². The summed E-state index contributed by atoms with van der Waals surface area (Å²) in [5.74, 6) is 0.224. The largest absolute Gasteiger partial charge is 0.450 e. The highest BCUT2D eigenvalue weighted by molar-refractivity contribution is 6.08. The Hall–Kier alpha value is -2.66. The Balaban J connectivity index is 1.81. The van der Waals surface area contributed by atoms with Gasteiger partial charge >= 0.3 is 0 Å². The number of methoxy groups -OCH3 is 1. The molecule has 4 rings (SSSR count). The lowest BCUT2D eigenvalue weighted by molar-refractivity contribution is 0.0953. The van der Waals surface area contributed by atoms with Crippen LogP contribution < -0.4 is 4.90 Å². The molecule has 0 aliphatic carbocycles. The van der Waals surface area contributed by atoms with E-state index in [-0.39, 0.29) is 5.91 Å². The molecule has 3 heterocycles. The predicted octanol–water partition coefficient (Wildman–Crippen LogP) is 3.57. The zero-order valence-corrected chi connectivity index (χ0v) is 13.5. The molecule has 24 heavy (non-hydrogen) atoms. The number of ether oxygens (including phenoxy) is 1. The number of amides is 1. The fourth-order valence-electron chi connectivity index (χ4n) is 3.29. The van der Waals surface area contributed by atoms with E-state index in [2.05, 4.69) is 4.98 Å². The molecule has 0 atom stereocenters. The molecule has 1 amide bonds. The minimum atomic E-state index is -0.132. The Morgan fingerprint density at radius 1 is 1.29 bits per heavy atom. The molecule has 122 valence electrons. The Morgan fingerprint density at radius 2 is 2.17 bits per heavy atom. The highest BCUT2D eigenvalue weighted by Gasteiger charge is 2.29. The summed E-state index contributed by atoms with van der Waals surface area (Å²) < 4.78 is 11.2. The number of fused-ring (bicyclic) bond motifs is 2. The quantitative estimate of drug-likeness (QED) is 0.740. The van der Waals surface area contributed by atoms with E-state index in [1.807, 2.05) is 36.4 Å². The van der Waals surface area contributed by atoms with Crippen LogP contribution in [0.4, 0.5) is 5.69 Å². The lowest BCUT2D eigenvalue weighted by Gasteiger charge is -2.28. The molecule has 1 aliphatic heterocycles. The number of para-hydroxylation sites is 1. The molecule has 1 aliphatic rings. The lowest BCUT2D eigenvalue weighted by atomic mass is 10.1. The van der Waals surface area contributed by atoms with Crippen molar-refractivity contribution < 1.29 is 13.9 Å². The molecule has 0 fully saturated rings. The Morgan fingerprint density at radius 3 is 3.04 bits per heavy atom. The van der Waals surface area contributed by atoms with E-state index < -0.39 is 0 Å². The molecule has 0 saturated carbocycles. The van der Waals surface area contributed by atoms with Gasteiger partial charge in [0.05, 0.1) is 18.0 Å². The molecule has 3 aromatic rings. The number of rotatable bonds is 3. The van der Waals surface area contributed by atoms with E-state index in [9.17, 15) is 4.79 Å². The Labute approximate surface area is 139 Å². The zero-order chi connectivity index (χ0) is 16.5. The van der Waals surface area contributed by atoms with Gasteiger partial charge in [-0.15, -0.1) is 0 Å². The van der Waals surface area contributed by atoms with Crippen molar-refractivity contribution in [1.29, 1.82) is 0 Å². The predicted molar refractivity (Wildman–Crippen MR) is 91.2 cm³/mol. The molecule has 0 spiro atoms. The molecule has 0 radical (unpaired) electrons. The van der Waals surface area contributed by atoms with Gasteiger partial charge in [0.25, 0.3) is 5.91 Å². The fraction of sp³-hybridized carbons (Fsp3) is 0.263. The van der Waals surface area contributed by atoms with Crippen molar-refractivity contribution in [2.45, 2.75) is 19.4 Å². The summed E-state index contributed by atoms with van der Waals surface area (Å²) in [5.41, 5.74) is 3.34. The second-order valence-electron chi connectivity index (χ2n) is 5.87. The van der Waals surface area contributed by atoms with Crippen molar-refractivity contribution in [3.05, 3.63) is 59.6 Å². The van der Waals surface area contributed by atoms with E-state index in [0.29, 0.717) is 24.5 Å². The minimum absolute atomic E-state index is 0.132. The monoisotopic (exact) mass is 322 g/mol. The number of carbonyl (C=O) groups is 1. The second kappa shape index (κ2) is 6.09. The number of furan rings is 1. The summed E-state index contributed by atoms with van der Waals surface area (Å²) in [6, 6.07) is 11.5. The van der Waals surface area contributed by atoms with Gasteiger partial charge in [-0.25, -0.2) is 0 Å². The summed E-state index contributed by atoms with van der Waals surface area (Å²) in [7, 11) is 1.62. The first-order chi connectivity index (χ1) is 11.8. The third-order valence-electron chi connectivity index (χ3n) is 4.38. The van der Waals surface area contributed by atoms with Gasteiger partial charge in [-0.05, 0) is 31.0 Å². The number of aromatic nitrogens is 1. The summed E-state index contributed by atoms with van der Waals surface area (Å²) in [4.78, 5) is 19.3. The number of hydrogen-bond donors (Lipinski definition) is 0. The molecule has 0 saturated heterocycles. The normalized spacial score (nSPS) is 14.0. The van der Waals surface area contributed by atoms with Crippen LogP contribution in [0.1, 0.15) is 28.2 Å². The summed E-state index contributed by atoms with van der Waals surface area (Å²) in [6.45, 7) is 1.01. The number of hydrogen-bond acceptors (Lipinski definition) is 4. The average molecular weight is 322 g/mol. The van der Waals surface area contributed by atoms with E-state index in [0.717, 1.165) is 35.2 Å². The maximum atomic E-state index is 13.2. The van der Waals surface area contributed by atoms with Gasteiger partial charge in [0.15, 0.2) is 5.76 Å². The van der Waals surface area contributed by atoms with Crippen LogP contribution in [0.3, 0.4) is 0 Å². The topological polar surface area (TPSA) is 55.6 Å². The fourth-order valence-corrected chi connectivity index (χ4v) is 3.29. The molecule has 0 N–H and O–H groups in total. The smallest absolute Gasteiger partial charge is 0.294 e. The van der Waals surface area contributed by atoms with Gasteiger partial charge in [0.2, 0.25) is 0 Å². The molecular weight excluding hydrogens is 304 g/mol. The maximum Gasteiger partial charge on any atom is 0.294 e. The van der Waals surface area contributed by atoms with Crippen molar-refractivity contribution in [3.8, 4) is 0 Å². The first-order valence-corrected chi connectivity index (χ1v) is 8.04. The first kappa shape index (κ1) is 14.9. The molecule has 1 aromatic carbocycles. The van der Waals surface area contributed by atoms with Gasteiger partial charge in [-0.2, -0.15) is 0 Å². The molecular formula is C19H18N2O3. The number of carbonyl (C=O) groups excluding carboxylic acids is 1. The lowest BCUT2D eigenvalue weighted by Crippen LogP contribution is -2.36. The third-order valence-corrected chi connectivity index (χ3v) is 4.38. The van der Waals surface area contributed by atoms with Gasteiger partial charge in [0, 0.05) is 30.8 Å². The third kappa shape index (κ3) is 2.37. The van der Waals surface area contributed by atoms with Crippen molar-refractivity contribution in [2.75, 3.05) is 18.6 Å². The Bertz CT molecular complexity index is 901. The van der Waals surface area contributed by atoms with Crippen LogP contribution in [-0.2, 0) is 17.8 Å². The number of anilines is 1. The second-order valence-corrected chi connectivity index (χ2v) is 5.87. The molecule has 2 aromatic heterocycles. The minimum Gasteiger partial charge on any atom is -0.450 e. The van der Waals surface area contributed by atoms with E-state index in [1.54, 1.807) is 18.2 Å². The highest BCUT2D eigenvalue weighted by Crippen LogP contribution is 2.31. The van der Waals surface area contributed by atoms with Crippen molar-refractivity contribution >= 4 is 22.6 Å². The number of aryl methyl sites for hydroxylation is 1. The van der Waals surface area contributed by atoms with Gasteiger partial charge < -0.3 is 14.1 Å². The van der Waals surface area contributed by atoms with Gasteiger partial charge in [0.1, 0.15) is 5.58 Å². The van der Waals surface area contributed by atoms with Gasteiger partial charge in [-0.1, -0.05) is 18.2 Å². The van der Waals surface area contributed by atoms with Crippen LogP contribution in [0.5, 0.6) is 0 Å². The van der Waals surface area contributed by atoms with Crippen LogP contribution in [0, 0.1) is 0 Å². The standard InChI is InChI=1S/C19H18N2O3/c1-23-12-14-13-6-2-3-9-17(13)24-18(14)19(22)21-11-5-7-15-16(21)8-4-10-20-15/h2-4,6,8-10H,5,7,11-12H2,1H3. The maximum absolute atomic E-state index is 13.2. The van der Waals surface area contributed by atoms with Crippen molar-refractivity contribution in [3.63, 3.8) is 0 Å². The molecule has 5 heteroatoms. The van der Waals surface area contributed by atoms with E-state index in [4.69, 9.17) is 9.15 Å². The summed E-state index contributed by atoms with van der Waals surface area (Å²) >= 11 is 0. The molecule has 0 unspecified atom stereocenters. The summed E-state index contributed by atoms with van der Waals surface area (Å²) in [5, 5.41) is 0.922. The van der Waals surface area contributed by atoms with Crippen LogP contribution in [0.25, 0.3) is 11.0 Å². The Kier molecular flexibility index (Phi) is 3.78. The van der Waals surface area contributed by atoms with Crippen LogP contribution in [0.15, 0.2) is 47.0 Å². The van der Waals surface area contributed by atoms with Crippen LogP contribution >= 0.6 is 0 Å². The number of nitrogens with zero attached hydrogens (tertiary/aromatic N) is 2. The number of pyridine rings is 1. The van der Waals surface area contributed by atoms with E-state index in [1.165, 1.54) is 0 Å². The highest BCUT2D eigenvalue weighted by atomic mass is 16.5. The van der Waals surface area contributed by atoms with Crippen LogP contribution in [0.2, 0.25) is 0 Å². The zero-order valence-electron chi connectivity index (χ0n) is 13.5.